The third-order valence-corrected chi connectivity index (χ3v) is 4.57. The molecule has 23 heavy (non-hydrogen) atoms. The van der Waals surface area contributed by atoms with Crippen LogP contribution in [0.1, 0.15) is 77.6 Å². The smallest absolute Gasteiger partial charge is 0.463 e. The third kappa shape index (κ3) is 19.2. The highest BCUT2D eigenvalue weighted by atomic mass is 28.5. The fraction of sp³-hybridized carbons (Fsp3) is 0.824. The Morgan fingerprint density at radius 3 is 1.70 bits per heavy atom. The average Bonchev–Trinajstić information content (AvgIpc) is 2.46. The van der Waals surface area contributed by atoms with Crippen molar-refractivity contribution in [3.63, 3.8) is 0 Å². The lowest BCUT2D eigenvalue weighted by Crippen LogP contribution is -2.13. The van der Waals surface area contributed by atoms with E-state index >= 15 is 0 Å². The standard InChI is InChI=1S/C17H31F3O2Si/c1-2-14-17(21)22-15-12-10-8-6-4-3-5-7-9-11-13-16-23(18,19)20/h2,14H,3-13,15-16H2,1H3. The van der Waals surface area contributed by atoms with Crippen molar-refractivity contribution in [2.45, 2.75) is 83.6 Å². The van der Waals surface area contributed by atoms with E-state index in [4.69, 9.17) is 4.74 Å². The van der Waals surface area contributed by atoms with Crippen molar-refractivity contribution in [3.8, 4) is 0 Å². The van der Waals surface area contributed by atoms with Gasteiger partial charge in [0.15, 0.2) is 0 Å². The molecule has 0 radical (unpaired) electrons. The number of unbranched alkanes of at least 4 members (excludes halogenated alkanes) is 10. The molecule has 0 amide bonds. The number of hydrogen-bond acceptors (Lipinski definition) is 2. The first-order valence-electron chi connectivity index (χ1n) is 8.82. The topological polar surface area (TPSA) is 26.3 Å². The zero-order valence-corrected chi connectivity index (χ0v) is 15.3. The number of carbonyl (C=O) groups excluding carboxylic acids is 1. The second kappa shape index (κ2) is 14.8. The van der Waals surface area contributed by atoms with Crippen LogP contribution in [-0.2, 0) is 9.53 Å². The van der Waals surface area contributed by atoms with Crippen LogP contribution in [0.5, 0.6) is 0 Å². The van der Waals surface area contributed by atoms with Gasteiger partial charge in [0.25, 0.3) is 0 Å². The van der Waals surface area contributed by atoms with Gasteiger partial charge in [0.1, 0.15) is 0 Å². The van der Waals surface area contributed by atoms with Crippen LogP contribution in [0, 0.1) is 0 Å². The van der Waals surface area contributed by atoms with E-state index in [2.05, 4.69) is 0 Å². The zero-order chi connectivity index (χ0) is 17.4. The van der Waals surface area contributed by atoms with Crippen molar-refractivity contribution >= 4 is 15.0 Å². The van der Waals surface area contributed by atoms with E-state index in [9.17, 15) is 17.1 Å². The first kappa shape index (κ1) is 22.2. The molecule has 0 aromatic heterocycles. The predicted molar refractivity (Wildman–Crippen MR) is 90.4 cm³/mol. The molecule has 0 N–H and O–H groups in total. The number of carbonyl (C=O) groups is 1. The molecule has 0 unspecified atom stereocenters. The Morgan fingerprint density at radius 1 is 0.826 bits per heavy atom. The largest absolute Gasteiger partial charge is 0.616 e. The zero-order valence-electron chi connectivity index (χ0n) is 14.3. The highest BCUT2D eigenvalue weighted by Gasteiger charge is 2.35. The van der Waals surface area contributed by atoms with Crippen LogP contribution in [0.3, 0.4) is 0 Å². The Labute approximate surface area is 140 Å². The third-order valence-electron chi connectivity index (χ3n) is 3.65. The normalized spacial score (nSPS) is 12.0. The number of allylic oxidation sites excluding steroid dienone is 1. The molecular formula is C17H31F3O2Si. The maximum Gasteiger partial charge on any atom is 0.616 e. The summed E-state index contributed by atoms with van der Waals surface area (Å²) in [7, 11) is -5.30. The molecule has 2 nitrogen and oxygen atoms in total. The Kier molecular flexibility index (Phi) is 14.3. The van der Waals surface area contributed by atoms with Gasteiger partial charge in [-0.2, -0.15) is 0 Å². The lowest BCUT2D eigenvalue weighted by Gasteiger charge is -2.04. The minimum atomic E-state index is -5.30. The fourth-order valence-corrected chi connectivity index (χ4v) is 3.03. The van der Waals surface area contributed by atoms with Gasteiger partial charge < -0.3 is 4.74 Å². The van der Waals surface area contributed by atoms with Crippen molar-refractivity contribution in [2.24, 2.45) is 0 Å². The summed E-state index contributed by atoms with van der Waals surface area (Å²) < 4.78 is 41.2. The molecule has 0 bridgehead atoms. The molecule has 0 rings (SSSR count). The molecular weight excluding hydrogens is 321 g/mol. The van der Waals surface area contributed by atoms with Gasteiger partial charge in [-0.15, -0.1) is 0 Å². The monoisotopic (exact) mass is 352 g/mol. The Balaban J connectivity index is 3.12. The second-order valence-electron chi connectivity index (χ2n) is 5.92. The van der Waals surface area contributed by atoms with Gasteiger partial charge in [0.05, 0.1) is 6.61 Å². The summed E-state index contributed by atoms with van der Waals surface area (Å²) in [4.78, 5) is 11.0. The van der Waals surface area contributed by atoms with E-state index < -0.39 is 15.1 Å². The molecule has 0 aliphatic carbocycles. The highest BCUT2D eigenvalue weighted by Crippen LogP contribution is 2.19. The lowest BCUT2D eigenvalue weighted by molar-refractivity contribution is -0.137. The summed E-state index contributed by atoms with van der Waals surface area (Å²) in [6.07, 6.45) is 13.9. The van der Waals surface area contributed by atoms with E-state index in [1.54, 1.807) is 13.0 Å². The first-order valence-corrected chi connectivity index (χ1v) is 10.7. The van der Waals surface area contributed by atoms with Crippen LogP contribution in [0.15, 0.2) is 12.2 Å². The van der Waals surface area contributed by atoms with Crippen molar-refractivity contribution in [3.05, 3.63) is 12.2 Å². The quantitative estimate of drug-likeness (QED) is 0.115. The maximum absolute atomic E-state index is 12.1. The van der Waals surface area contributed by atoms with Gasteiger partial charge >= 0.3 is 15.0 Å². The molecule has 0 aromatic rings. The van der Waals surface area contributed by atoms with Crippen molar-refractivity contribution in [2.75, 3.05) is 6.61 Å². The van der Waals surface area contributed by atoms with Crippen LogP contribution >= 0.6 is 0 Å². The fourth-order valence-electron chi connectivity index (χ4n) is 2.38. The lowest BCUT2D eigenvalue weighted by atomic mass is 10.1. The molecule has 0 atom stereocenters. The number of halogens is 3. The first-order chi connectivity index (χ1) is 11.0. The van der Waals surface area contributed by atoms with E-state index in [1.807, 2.05) is 0 Å². The summed E-state index contributed by atoms with van der Waals surface area (Å²) in [5.41, 5.74) is 0. The molecule has 0 aliphatic rings. The summed E-state index contributed by atoms with van der Waals surface area (Å²) in [5.74, 6) is -0.273. The molecule has 0 saturated carbocycles. The SMILES string of the molecule is CC=CC(=O)OCCCCCCCCCCCCC[Si](F)(F)F. The number of ether oxygens (including phenoxy) is 1. The summed E-state index contributed by atoms with van der Waals surface area (Å²) >= 11 is 0. The van der Waals surface area contributed by atoms with Gasteiger partial charge in [0.2, 0.25) is 0 Å². The van der Waals surface area contributed by atoms with Crippen LogP contribution in [0.25, 0.3) is 0 Å². The Hall–Kier alpha value is -0.783. The van der Waals surface area contributed by atoms with E-state index in [1.165, 1.54) is 25.3 Å². The Bertz CT molecular complexity index is 317. The van der Waals surface area contributed by atoms with Gasteiger partial charge in [0, 0.05) is 12.1 Å². The predicted octanol–water partition coefficient (Wildman–Crippen LogP) is 6.24. The van der Waals surface area contributed by atoms with E-state index in [-0.39, 0.29) is 5.97 Å². The van der Waals surface area contributed by atoms with E-state index in [0.29, 0.717) is 13.0 Å². The van der Waals surface area contributed by atoms with Crippen molar-refractivity contribution < 1.29 is 21.9 Å². The maximum atomic E-state index is 12.1. The van der Waals surface area contributed by atoms with Gasteiger partial charge in [-0.1, -0.05) is 63.9 Å². The molecule has 136 valence electrons. The summed E-state index contributed by atoms with van der Waals surface area (Å²) in [5, 5.41) is 0. The molecule has 0 aliphatic heterocycles. The Morgan fingerprint density at radius 2 is 1.26 bits per heavy atom. The minimum absolute atomic E-state index is 0.273. The average molecular weight is 353 g/mol. The molecule has 0 fully saturated rings. The van der Waals surface area contributed by atoms with Crippen molar-refractivity contribution in [1.29, 1.82) is 0 Å². The number of rotatable bonds is 15. The molecule has 0 saturated heterocycles. The van der Waals surface area contributed by atoms with Crippen LogP contribution in [-0.4, -0.2) is 21.7 Å². The summed E-state index contributed by atoms with van der Waals surface area (Å²) in [6, 6.07) is -0.503. The number of esters is 1. The molecule has 0 aromatic carbocycles. The number of hydrogen-bond donors (Lipinski definition) is 0. The molecule has 0 spiro atoms. The molecule has 6 heteroatoms. The second-order valence-corrected chi connectivity index (χ2v) is 7.65. The summed E-state index contributed by atoms with van der Waals surface area (Å²) in [6.45, 7) is 2.27. The van der Waals surface area contributed by atoms with Gasteiger partial charge in [-0.3, -0.25) is 0 Å². The van der Waals surface area contributed by atoms with Crippen LogP contribution in [0.4, 0.5) is 12.3 Å². The van der Waals surface area contributed by atoms with Gasteiger partial charge in [-0.05, 0) is 19.8 Å². The molecule has 0 heterocycles. The van der Waals surface area contributed by atoms with Crippen molar-refractivity contribution in [1.82, 2.24) is 0 Å². The van der Waals surface area contributed by atoms with E-state index in [0.717, 1.165) is 44.9 Å². The minimum Gasteiger partial charge on any atom is -0.463 e. The highest BCUT2D eigenvalue weighted by molar-refractivity contribution is 6.58. The van der Waals surface area contributed by atoms with Gasteiger partial charge in [-0.25, -0.2) is 17.1 Å². The van der Waals surface area contributed by atoms with Crippen LogP contribution in [0.2, 0.25) is 6.04 Å². The van der Waals surface area contributed by atoms with Crippen LogP contribution < -0.4 is 0 Å².